The van der Waals surface area contributed by atoms with Gasteiger partial charge in [-0.15, -0.1) is 0 Å². The van der Waals surface area contributed by atoms with Crippen LogP contribution in [0.15, 0.2) is 0 Å². The fourth-order valence-electron chi connectivity index (χ4n) is 4.42. The summed E-state index contributed by atoms with van der Waals surface area (Å²) in [5.41, 5.74) is -0.834. The van der Waals surface area contributed by atoms with Crippen LogP contribution in [0.5, 0.6) is 0 Å². The van der Waals surface area contributed by atoms with Gasteiger partial charge in [0.15, 0.2) is 5.78 Å². The molecule has 3 atom stereocenters. The molecule has 0 aromatic heterocycles. The summed E-state index contributed by atoms with van der Waals surface area (Å²) in [7, 11) is 1.34. The van der Waals surface area contributed by atoms with Crippen molar-refractivity contribution < 1.29 is 23.9 Å². The van der Waals surface area contributed by atoms with E-state index in [1.54, 1.807) is 4.90 Å². The number of ketones is 1. The van der Waals surface area contributed by atoms with Crippen LogP contribution in [0.25, 0.3) is 0 Å². The van der Waals surface area contributed by atoms with Gasteiger partial charge in [-0.25, -0.2) is 4.79 Å². The topological polar surface area (TPSA) is 72.9 Å². The van der Waals surface area contributed by atoms with E-state index in [1.165, 1.54) is 7.11 Å². The van der Waals surface area contributed by atoms with Gasteiger partial charge in [0.2, 0.25) is 0 Å². The number of carbonyl (C=O) groups is 3. The number of hydrogen-bond acceptors (Lipinski definition) is 5. The lowest BCUT2D eigenvalue weighted by Crippen LogP contribution is -2.50. The van der Waals surface area contributed by atoms with Gasteiger partial charge in [0, 0.05) is 19.0 Å². The van der Waals surface area contributed by atoms with E-state index >= 15 is 0 Å². The molecule has 3 rings (SSSR count). The number of carbonyl (C=O) groups excluding carboxylic acids is 3. The molecule has 0 radical (unpaired) electrons. The van der Waals surface area contributed by atoms with Crippen LogP contribution in [0.4, 0.5) is 4.79 Å². The summed E-state index contributed by atoms with van der Waals surface area (Å²) in [5.74, 6) is -0.676. The average Bonchev–Trinajstić information content (AvgIpc) is 3.23. The van der Waals surface area contributed by atoms with Crippen LogP contribution in [0.1, 0.15) is 40.0 Å². The van der Waals surface area contributed by atoms with Crippen LogP contribution >= 0.6 is 0 Å². The fraction of sp³-hybridized carbons (Fsp3) is 0.824. The third-order valence-corrected chi connectivity index (χ3v) is 5.54. The second kappa shape index (κ2) is 5.21. The second-order valence-corrected chi connectivity index (χ2v) is 8.01. The van der Waals surface area contributed by atoms with Crippen molar-refractivity contribution in [1.82, 2.24) is 4.90 Å². The molecule has 2 saturated carbocycles. The number of ether oxygens (including phenoxy) is 2. The highest BCUT2D eigenvalue weighted by Crippen LogP contribution is 2.66. The predicted octanol–water partition coefficient (Wildman–Crippen LogP) is 2.01. The van der Waals surface area contributed by atoms with Crippen molar-refractivity contribution in [3.05, 3.63) is 0 Å². The van der Waals surface area contributed by atoms with E-state index in [9.17, 15) is 14.4 Å². The van der Waals surface area contributed by atoms with Crippen LogP contribution < -0.4 is 0 Å². The summed E-state index contributed by atoms with van der Waals surface area (Å²) in [6.45, 7) is 6.58. The molecule has 1 amide bonds. The lowest BCUT2D eigenvalue weighted by molar-refractivity contribution is -0.155. The molecule has 3 fully saturated rings. The Bertz CT molecular complexity index is 542. The minimum absolute atomic E-state index is 0.0344. The first-order chi connectivity index (χ1) is 10.7. The zero-order valence-corrected chi connectivity index (χ0v) is 14.3. The first kappa shape index (κ1) is 16.3. The van der Waals surface area contributed by atoms with Crippen molar-refractivity contribution in [3.63, 3.8) is 0 Å². The smallest absolute Gasteiger partial charge is 0.410 e. The highest BCUT2D eigenvalue weighted by Gasteiger charge is 2.70. The van der Waals surface area contributed by atoms with Crippen LogP contribution in [0.3, 0.4) is 0 Å². The Labute approximate surface area is 136 Å². The van der Waals surface area contributed by atoms with Gasteiger partial charge in [-0.05, 0) is 51.4 Å². The van der Waals surface area contributed by atoms with Crippen LogP contribution in [-0.2, 0) is 19.1 Å². The summed E-state index contributed by atoms with van der Waals surface area (Å²) >= 11 is 0. The Hall–Kier alpha value is -1.59. The molecule has 1 spiro atoms. The number of fused-ring (bicyclic) bond motifs is 2. The maximum atomic E-state index is 12.4. The Kier molecular flexibility index (Phi) is 3.69. The van der Waals surface area contributed by atoms with Gasteiger partial charge in [0.05, 0.1) is 7.11 Å². The lowest BCUT2D eigenvalue weighted by atomic mass is 9.67. The molecule has 1 saturated heterocycles. The number of Topliss-reactive ketones (excluding diaryl/α,β-unsaturated/α-hetero) is 1. The quantitative estimate of drug-likeness (QED) is 0.545. The van der Waals surface area contributed by atoms with Crippen molar-refractivity contribution in [3.8, 4) is 0 Å². The van der Waals surface area contributed by atoms with Crippen LogP contribution in [0, 0.1) is 23.2 Å². The largest absolute Gasteiger partial charge is 0.468 e. The molecule has 1 aliphatic heterocycles. The van der Waals surface area contributed by atoms with Gasteiger partial charge in [-0.2, -0.15) is 0 Å². The molecule has 6 nitrogen and oxygen atoms in total. The summed E-state index contributed by atoms with van der Waals surface area (Å²) < 4.78 is 10.3. The predicted molar refractivity (Wildman–Crippen MR) is 81.6 cm³/mol. The Morgan fingerprint density at radius 2 is 1.83 bits per heavy atom. The molecule has 6 heteroatoms. The standard InChI is InChI=1S/C17H25NO5/c1-16(2,3)23-15(21)18-7-5-17(6-8-18)11-9-10(11)13(19)12(17)14(20)22-4/h10-12H,5-9H2,1-4H3. The van der Waals surface area contributed by atoms with Crippen molar-refractivity contribution in [2.24, 2.45) is 23.2 Å². The van der Waals surface area contributed by atoms with Gasteiger partial charge >= 0.3 is 12.1 Å². The van der Waals surface area contributed by atoms with Crippen molar-refractivity contribution in [1.29, 1.82) is 0 Å². The molecular formula is C17H25NO5. The van der Waals surface area contributed by atoms with Gasteiger partial charge in [0.1, 0.15) is 11.5 Å². The number of hydrogen-bond donors (Lipinski definition) is 0. The highest BCUT2D eigenvalue weighted by molar-refractivity contribution is 6.05. The molecule has 0 aromatic rings. The third kappa shape index (κ3) is 2.62. The molecule has 2 aliphatic carbocycles. The molecule has 23 heavy (non-hydrogen) atoms. The minimum atomic E-state index is -0.642. The molecule has 1 heterocycles. The maximum absolute atomic E-state index is 12.4. The molecule has 128 valence electrons. The summed E-state index contributed by atoms with van der Waals surface area (Å²) in [5, 5.41) is 0. The zero-order valence-electron chi connectivity index (χ0n) is 14.3. The Morgan fingerprint density at radius 3 is 2.35 bits per heavy atom. The highest BCUT2D eigenvalue weighted by atomic mass is 16.6. The van der Waals surface area contributed by atoms with Crippen molar-refractivity contribution in [2.75, 3.05) is 20.2 Å². The van der Waals surface area contributed by atoms with Crippen LogP contribution in [-0.4, -0.2) is 48.5 Å². The number of methoxy groups -OCH3 is 1. The Balaban J connectivity index is 1.71. The van der Waals surface area contributed by atoms with Gasteiger partial charge in [0.25, 0.3) is 0 Å². The zero-order chi connectivity index (χ0) is 17.0. The second-order valence-electron chi connectivity index (χ2n) is 8.01. The monoisotopic (exact) mass is 323 g/mol. The number of piperidine rings is 1. The summed E-state index contributed by atoms with van der Waals surface area (Å²) in [6.07, 6.45) is 1.90. The fourth-order valence-corrected chi connectivity index (χ4v) is 4.42. The van der Waals surface area contributed by atoms with Gasteiger partial charge < -0.3 is 14.4 Å². The lowest BCUT2D eigenvalue weighted by Gasteiger charge is -2.43. The van der Waals surface area contributed by atoms with Gasteiger partial charge in [-0.3, -0.25) is 9.59 Å². The van der Waals surface area contributed by atoms with E-state index in [4.69, 9.17) is 9.47 Å². The minimum Gasteiger partial charge on any atom is -0.468 e. The van der Waals surface area contributed by atoms with Crippen LogP contribution in [0.2, 0.25) is 0 Å². The normalized spacial score (nSPS) is 31.7. The maximum Gasteiger partial charge on any atom is 0.410 e. The molecule has 3 unspecified atom stereocenters. The summed E-state index contributed by atoms with van der Waals surface area (Å²) in [6, 6.07) is 0. The van der Waals surface area contributed by atoms with E-state index in [0.717, 1.165) is 6.42 Å². The van der Waals surface area contributed by atoms with E-state index in [0.29, 0.717) is 31.8 Å². The molecule has 0 bridgehead atoms. The average molecular weight is 323 g/mol. The van der Waals surface area contributed by atoms with E-state index in [1.807, 2.05) is 20.8 Å². The first-order valence-corrected chi connectivity index (χ1v) is 8.29. The third-order valence-electron chi connectivity index (χ3n) is 5.54. The van der Waals surface area contributed by atoms with Crippen molar-refractivity contribution in [2.45, 2.75) is 45.6 Å². The van der Waals surface area contributed by atoms with E-state index in [-0.39, 0.29) is 23.2 Å². The molecular weight excluding hydrogens is 298 g/mol. The number of amides is 1. The van der Waals surface area contributed by atoms with Gasteiger partial charge in [-0.1, -0.05) is 0 Å². The molecule has 0 aromatic carbocycles. The summed E-state index contributed by atoms with van der Waals surface area (Å²) in [4.78, 5) is 38.4. The number of likely N-dealkylation sites (tertiary alicyclic amines) is 1. The van der Waals surface area contributed by atoms with E-state index in [2.05, 4.69) is 0 Å². The molecule has 3 aliphatic rings. The number of nitrogens with zero attached hydrogens (tertiary/aromatic N) is 1. The van der Waals surface area contributed by atoms with E-state index < -0.39 is 17.5 Å². The SMILES string of the molecule is COC(=O)C1C(=O)C2CC2C12CCN(C(=O)OC(C)(C)C)CC2. The first-order valence-electron chi connectivity index (χ1n) is 8.29. The van der Waals surface area contributed by atoms with Crippen molar-refractivity contribution >= 4 is 17.8 Å². The molecule has 0 N–H and O–H groups in total. The number of esters is 1. The number of rotatable bonds is 1. The Morgan fingerprint density at radius 1 is 1.22 bits per heavy atom.